The van der Waals surface area contributed by atoms with E-state index in [9.17, 15) is 33.6 Å². The van der Waals surface area contributed by atoms with E-state index in [0.717, 1.165) is 141 Å². The van der Waals surface area contributed by atoms with Crippen molar-refractivity contribution in [2.24, 2.45) is 37.9 Å². The van der Waals surface area contributed by atoms with E-state index in [1.165, 1.54) is 231 Å². The van der Waals surface area contributed by atoms with Gasteiger partial charge in [-0.1, -0.05) is 390 Å². The summed E-state index contributed by atoms with van der Waals surface area (Å²) in [4.78, 5) is 81.0. The van der Waals surface area contributed by atoms with Gasteiger partial charge < -0.3 is 100 Å². The fourth-order valence-corrected chi connectivity index (χ4v) is 11.2. The normalized spacial score (nSPS) is 10.3. The maximum atomic E-state index is 11.8. The summed E-state index contributed by atoms with van der Waals surface area (Å²) in [6.07, 6.45) is 67.9. The van der Waals surface area contributed by atoms with Crippen LogP contribution >= 0.6 is 0 Å². The number of carbonyl (C=O) groups is 7. The SMILES string of the molecule is C.[CH2-]CCCCC(=O)C(C)(C)C.[CH2-]CCCCCCC(=O)C(C)(C)C.[CH2-]CCCCCCCC(=O)C(C)(C)C.[CH2-]CCCCCCCCC(=O)C(C)(C)C.[CH2-]CCCCCCCCCC(=O)C(C)(C)C.[CH2-]CCCCCCCCCCC(=O)C(C)(C)C.[CH2-]CCCCCCCCCCCCCCC(=O)C(C)(C)C.[CH3-].[CH3-].[CH3-].[CH3-].[CH3-].[CH3-].[CH3-].[Y].[Y].[Y].[Y].[Y].[Y].[Y]. The molecule has 727 valence electrons. The smallest absolute Gasteiger partial charge is 0.138 e. The van der Waals surface area contributed by atoms with Gasteiger partial charge in [0.05, 0.1) is 0 Å². The van der Waals surface area contributed by atoms with Crippen LogP contribution in [-0.2, 0) is 263 Å². The van der Waals surface area contributed by atoms with E-state index in [1.807, 2.05) is 145 Å². The maximum Gasteiger partial charge on any atom is 0.138 e. The van der Waals surface area contributed by atoms with Crippen LogP contribution in [0.1, 0.15) is 525 Å². The molecule has 0 atom stereocenters. The molecule has 7 nitrogen and oxygen atoms in total. The van der Waals surface area contributed by atoms with Crippen molar-refractivity contribution in [3.8, 4) is 0 Å². The Labute approximate surface area is 953 Å². The Bertz CT molecular complexity index is 2010. The molecule has 7 radical (unpaired) electrons. The third-order valence-electron chi connectivity index (χ3n) is 19.7. The van der Waals surface area contributed by atoms with Crippen LogP contribution < -0.4 is 0 Å². The average Bonchev–Trinajstić information content (AvgIpc) is 0.962. The molecule has 0 fully saturated rings. The zero-order chi connectivity index (χ0) is 83.6. The van der Waals surface area contributed by atoms with Gasteiger partial charge in [-0.25, -0.2) is 0 Å². The number of hydrogen-bond acceptors (Lipinski definition) is 7. The Morgan fingerprint density at radius 2 is 0.197 bits per heavy atom. The zero-order valence-corrected chi connectivity index (χ0v) is 108. The molecule has 0 heterocycles. The van der Waals surface area contributed by atoms with Gasteiger partial charge in [0.2, 0.25) is 0 Å². The largest absolute Gasteiger partial charge is 0.358 e. The van der Waals surface area contributed by atoms with Crippen LogP contribution in [0.4, 0.5) is 0 Å². The van der Waals surface area contributed by atoms with Crippen LogP contribution in [0.2, 0.25) is 0 Å². The van der Waals surface area contributed by atoms with E-state index in [0.29, 0.717) is 40.5 Å². The van der Waals surface area contributed by atoms with E-state index in [1.54, 1.807) is 0 Å². The number of hydrogen-bond donors (Lipinski definition) is 0. The Balaban J connectivity index is -0.0000000472. The molecule has 0 aromatic heterocycles. The van der Waals surface area contributed by atoms with Crippen LogP contribution in [-0.4, -0.2) is 40.5 Å². The number of ketones is 7. The predicted molar refractivity (Wildman–Crippen MR) is 528 cm³/mol. The summed E-state index contributed by atoms with van der Waals surface area (Å²) in [6.45, 7) is 68.7. The molecule has 122 heavy (non-hydrogen) atoms. The first-order chi connectivity index (χ1) is 49.9. The molecule has 0 aliphatic carbocycles. The second-order valence-corrected chi connectivity index (χ2v) is 38.5. The van der Waals surface area contributed by atoms with Crippen LogP contribution in [0, 0.1) is 138 Å². The van der Waals surface area contributed by atoms with Crippen LogP contribution in [0.3, 0.4) is 0 Å². The molecular formula is C108H218O7Y7-14. The first-order valence-corrected chi connectivity index (χ1v) is 45.2. The third-order valence-corrected chi connectivity index (χ3v) is 19.7. The minimum absolute atomic E-state index is 0. The van der Waals surface area contributed by atoms with Gasteiger partial charge in [0.1, 0.15) is 40.5 Å². The monoisotopic (exact) mass is 2250 g/mol. The van der Waals surface area contributed by atoms with Crippen molar-refractivity contribution in [1.82, 2.24) is 0 Å². The molecular weight excluding hydrogens is 2030 g/mol. The van der Waals surface area contributed by atoms with Crippen molar-refractivity contribution >= 4 is 40.5 Å². The third kappa shape index (κ3) is 154. The van der Waals surface area contributed by atoms with Crippen LogP contribution in [0.5, 0.6) is 0 Å². The van der Waals surface area contributed by atoms with Crippen LogP contribution in [0.15, 0.2) is 0 Å². The summed E-state index contributed by atoms with van der Waals surface area (Å²) in [7, 11) is 0. The van der Waals surface area contributed by atoms with Gasteiger partial charge in [-0.2, -0.15) is 44.9 Å². The maximum absolute atomic E-state index is 11.8. The van der Waals surface area contributed by atoms with Gasteiger partial charge >= 0.3 is 0 Å². The molecule has 0 aliphatic rings. The quantitative estimate of drug-likeness (QED) is 0.0439. The number of rotatable bonds is 58. The van der Waals surface area contributed by atoms with Gasteiger partial charge in [0, 0.05) is 312 Å². The van der Waals surface area contributed by atoms with Gasteiger partial charge in [0.25, 0.3) is 0 Å². The first-order valence-electron chi connectivity index (χ1n) is 45.2. The molecule has 0 aromatic carbocycles. The summed E-state index contributed by atoms with van der Waals surface area (Å²) in [5.41, 5.74) is -1.02. The average molecular weight is 2250 g/mol. The summed E-state index contributed by atoms with van der Waals surface area (Å²) in [5.74, 6) is 2.79. The van der Waals surface area contributed by atoms with Crippen molar-refractivity contribution in [2.45, 2.75) is 525 Å². The second-order valence-electron chi connectivity index (χ2n) is 38.5. The van der Waals surface area contributed by atoms with Crippen LogP contribution in [0.25, 0.3) is 0 Å². The molecule has 0 rings (SSSR count). The molecule has 0 bridgehead atoms. The van der Waals surface area contributed by atoms with E-state index >= 15 is 0 Å². The van der Waals surface area contributed by atoms with E-state index in [2.05, 4.69) is 48.5 Å². The molecule has 0 aliphatic heterocycles. The van der Waals surface area contributed by atoms with Gasteiger partial charge in [-0.3, -0.25) is 33.6 Å². The standard InChI is InChI=1S/C20H39O.C16H31O.C15H29O.C14H27O.C13H25O.C12H23O.C10H19O.CH4.7CH3.7Y/c1-5-6-7-8-9-10-11-12-13-14-15-16-17-18-19(21)20(2,3)4;1-5-6-7-8-9-10-11-12-13-14-15(17)16(2,3)4;1-5-6-7-8-9-10-11-12-13-14(16)15(2,3)4;1-5-6-7-8-9-10-11-12-13(15)14(2,3)4;1-5-6-7-8-9-10-11-12(14)13(2,3)4;1-5-6-7-8-9-10-11(13)12(2,3)4;1-5-6-7-8-9(11)10(2,3)4;;;;;;;;;;;;;;;/h1,5-18H2,2-4H3;1,5-14H2,2-4H3;1,5-13H2,2-4H3;1,5-12H2,2-4H3;1,5-11H2,2-4H3;1,5-10H2,2-4H3;1,5-8H2,2-4H3;1H4;7*1H3;;;;;;;/q7*-1;;7*-1;;;;;;;. The summed E-state index contributed by atoms with van der Waals surface area (Å²) in [5, 5.41) is 0. The van der Waals surface area contributed by atoms with E-state index in [-0.39, 0.29) is 326 Å². The topological polar surface area (TPSA) is 119 Å². The Morgan fingerprint density at radius 1 is 0.139 bits per heavy atom. The fourth-order valence-electron chi connectivity index (χ4n) is 11.2. The second kappa shape index (κ2) is 124. The van der Waals surface area contributed by atoms with Crippen molar-refractivity contribution in [3.05, 3.63) is 100 Å². The van der Waals surface area contributed by atoms with Crippen molar-refractivity contribution in [2.75, 3.05) is 0 Å². The molecule has 0 N–H and O–H groups in total. The molecule has 0 saturated carbocycles. The van der Waals surface area contributed by atoms with Crippen molar-refractivity contribution in [3.63, 3.8) is 0 Å². The van der Waals surface area contributed by atoms with E-state index < -0.39 is 0 Å². The molecule has 0 unspecified atom stereocenters. The Morgan fingerprint density at radius 3 is 0.270 bits per heavy atom. The van der Waals surface area contributed by atoms with Crippen molar-refractivity contribution < 1.29 is 263 Å². The van der Waals surface area contributed by atoms with E-state index in [4.69, 9.17) is 0 Å². The Kier molecular flexibility index (Phi) is 187. The summed E-state index contributed by atoms with van der Waals surface area (Å²) < 4.78 is 0. The molecule has 0 spiro atoms. The van der Waals surface area contributed by atoms with Gasteiger partial charge in [-0.05, 0) is 44.9 Å². The van der Waals surface area contributed by atoms with Gasteiger partial charge in [0.15, 0.2) is 0 Å². The minimum Gasteiger partial charge on any atom is -0.358 e. The number of Topliss-reactive ketones (excluding diaryl/α,β-unsaturated/α-hetero) is 7. The first kappa shape index (κ1) is 183. The summed E-state index contributed by atoms with van der Waals surface area (Å²) in [6, 6.07) is 0. The molecule has 14 heteroatoms. The summed E-state index contributed by atoms with van der Waals surface area (Å²) >= 11 is 0. The van der Waals surface area contributed by atoms with Crippen molar-refractivity contribution in [1.29, 1.82) is 0 Å². The fraction of sp³-hybridized carbons (Fsp3) is 0.806. The molecule has 0 amide bonds. The molecule has 0 aromatic rings. The number of carbonyl (C=O) groups excluding carboxylic acids is 7. The number of unbranched alkanes of at least 4 members (excludes halogenated alkanes) is 44. The van der Waals surface area contributed by atoms with Gasteiger partial charge in [-0.15, -0.1) is 0 Å². The zero-order valence-electron chi connectivity index (χ0n) is 87.9. The Hall–Kier alpha value is 5.42. The predicted octanol–water partition coefficient (Wildman–Crippen LogP) is 36.4. The minimum atomic E-state index is -0.152. The molecule has 0 saturated heterocycles.